The molecule has 22 heavy (non-hydrogen) atoms. The zero-order valence-electron chi connectivity index (χ0n) is 13.8. The lowest BCUT2D eigenvalue weighted by molar-refractivity contribution is -0.0153. The second-order valence-electron chi connectivity index (χ2n) is 6.69. The van der Waals surface area contributed by atoms with Crippen LogP contribution in [0.2, 0.25) is 0 Å². The summed E-state index contributed by atoms with van der Waals surface area (Å²) in [4.78, 5) is 9.25. The molecule has 3 rings (SSSR count). The molecule has 0 amide bonds. The molecule has 1 aromatic heterocycles. The normalized spacial score (nSPS) is 27.4. The van der Waals surface area contributed by atoms with Crippen molar-refractivity contribution < 1.29 is 9.26 Å². The SMILES string of the molecule is Cc1nc(CN2CCCC(N(C)CC3CCCCO3)C2)no1. The number of likely N-dealkylation sites (N-methyl/N-ethyl adjacent to an activating group) is 1. The Hall–Kier alpha value is -0.980. The van der Waals surface area contributed by atoms with Gasteiger partial charge >= 0.3 is 0 Å². The first-order valence-electron chi connectivity index (χ1n) is 8.54. The lowest BCUT2D eigenvalue weighted by Crippen LogP contribution is -2.48. The molecule has 2 fully saturated rings. The summed E-state index contributed by atoms with van der Waals surface area (Å²) in [5.74, 6) is 1.45. The van der Waals surface area contributed by atoms with Gasteiger partial charge in [-0.05, 0) is 45.7 Å². The summed E-state index contributed by atoms with van der Waals surface area (Å²) in [6, 6.07) is 0.604. The van der Waals surface area contributed by atoms with Crippen molar-refractivity contribution in [3.63, 3.8) is 0 Å². The van der Waals surface area contributed by atoms with Crippen molar-refractivity contribution in [3.05, 3.63) is 11.7 Å². The molecule has 0 N–H and O–H groups in total. The molecule has 0 saturated carbocycles. The first kappa shape index (κ1) is 15.9. The van der Waals surface area contributed by atoms with Gasteiger partial charge in [-0.25, -0.2) is 0 Å². The topological polar surface area (TPSA) is 54.6 Å². The molecule has 0 bridgehead atoms. The smallest absolute Gasteiger partial charge is 0.223 e. The van der Waals surface area contributed by atoms with Crippen molar-refractivity contribution in [1.29, 1.82) is 0 Å². The number of aryl methyl sites for hydroxylation is 1. The van der Waals surface area contributed by atoms with Crippen LogP contribution in [0.5, 0.6) is 0 Å². The highest BCUT2D eigenvalue weighted by Crippen LogP contribution is 2.19. The van der Waals surface area contributed by atoms with E-state index in [0.717, 1.165) is 38.6 Å². The predicted octanol–water partition coefficient (Wildman–Crippen LogP) is 1.84. The van der Waals surface area contributed by atoms with Gasteiger partial charge in [0.2, 0.25) is 5.89 Å². The molecule has 2 unspecified atom stereocenters. The average molecular weight is 308 g/mol. The first-order valence-corrected chi connectivity index (χ1v) is 8.54. The Kier molecular flexibility index (Phi) is 5.44. The van der Waals surface area contributed by atoms with E-state index in [-0.39, 0.29) is 0 Å². The summed E-state index contributed by atoms with van der Waals surface area (Å²) in [6.45, 7) is 6.83. The summed E-state index contributed by atoms with van der Waals surface area (Å²) < 4.78 is 10.9. The standard InChI is InChI=1S/C16H28N4O2/c1-13-17-16(18-22-13)12-20-8-5-6-14(10-20)19(2)11-15-7-3-4-9-21-15/h14-15H,3-12H2,1-2H3. The Labute approximate surface area is 132 Å². The van der Waals surface area contributed by atoms with Gasteiger partial charge in [-0.1, -0.05) is 5.16 Å². The minimum atomic E-state index is 0.425. The van der Waals surface area contributed by atoms with Gasteiger partial charge in [0.25, 0.3) is 0 Å². The van der Waals surface area contributed by atoms with Crippen LogP contribution in [0.3, 0.4) is 0 Å². The van der Waals surface area contributed by atoms with Crippen LogP contribution in [0.1, 0.15) is 43.8 Å². The largest absolute Gasteiger partial charge is 0.377 e. The van der Waals surface area contributed by atoms with Crippen LogP contribution in [-0.4, -0.2) is 65.4 Å². The van der Waals surface area contributed by atoms with Gasteiger partial charge in [0.1, 0.15) is 0 Å². The third-order valence-corrected chi connectivity index (χ3v) is 4.80. The Morgan fingerprint density at radius 2 is 2.18 bits per heavy atom. The van der Waals surface area contributed by atoms with Crippen molar-refractivity contribution in [1.82, 2.24) is 19.9 Å². The number of rotatable bonds is 5. The number of hydrogen-bond donors (Lipinski definition) is 0. The summed E-state index contributed by atoms with van der Waals surface area (Å²) in [5.41, 5.74) is 0. The van der Waals surface area contributed by atoms with Gasteiger partial charge < -0.3 is 9.26 Å². The number of ether oxygens (including phenoxy) is 1. The van der Waals surface area contributed by atoms with Gasteiger partial charge in [0, 0.05) is 32.7 Å². The first-order chi connectivity index (χ1) is 10.7. The van der Waals surface area contributed by atoms with Gasteiger partial charge in [-0.15, -0.1) is 0 Å². The van der Waals surface area contributed by atoms with Crippen LogP contribution < -0.4 is 0 Å². The zero-order chi connectivity index (χ0) is 15.4. The van der Waals surface area contributed by atoms with E-state index in [2.05, 4.69) is 27.0 Å². The van der Waals surface area contributed by atoms with Crippen molar-refractivity contribution in [3.8, 4) is 0 Å². The number of aromatic nitrogens is 2. The molecular weight excluding hydrogens is 280 g/mol. The highest BCUT2D eigenvalue weighted by molar-refractivity contribution is 4.87. The summed E-state index contributed by atoms with van der Waals surface area (Å²) >= 11 is 0. The van der Waals surface area contributed by atoms with E-state index in [1.54, 1.807) is 0 Å². The van der Waals surface area contributed by atoms with Crippen LogP contribution in [0, 0.1) is 6.92 Å². The minimum absolute atomic E-state index is 0.425. The fourth-order valence-electron chi connectivity index (χ4n) is 3.56. The molecular formula is C16H28N4O2. The van der Waals surface area contributed by atoms with Crippen molar-refractivity contribution >= 4 is 0 Å². The highest BCUT2D eigenvalue weighted by Gasteiger charge is 2.26. The second-order valence-corrected chi connectivity index (χ2v) is 6.69. The average Bonchev–Trinajstić information content (AvgIpc) is 2.93. The molecule has 1 aromatic rings. The lowest BCUT2D eigenvalue weighted by atomic mass is 10.0. The van der Waals surface area contributed by atoms with E-state index in [4.69, 9.17) is 9.26 Å². The minimum Gasteiger partial charge on any atom is -0.377 e. The molecule has 2 aliphatic heterocycles. The fraction of sp³-hybridized carbons (Fsp3) is 0.875. The van der Waals surface area contributed by atoms with Crippen LogP contribution in [0.4, 0.5) is 0 Å². The quantitative estimate of drug-likeness (QED) is 0.827. The van der Waals surface area contributed by atoms with Gasteiger partial charge in [-0.2, -0.15) is 4.98 Å². The lowest BCUT2D eigenvalue weighted by Gasteiger charge is -2.39. The van der Waals surface area contributed by atoms with Crippen LogP contribution in [-0.2, 0) is 11.3 Å². The van der Waals surface area contributed by atoms with E-state index in [0.29, 0.717) is 18.0 Å². The van der Waals surface area contributed by atoms with Crippen LogP contribution >= 0.6 is 0 Å². The molecule has 2 aliphatic rings. The van der Waals surface area contributed by atoms with E-state index < -0.39 is 0 Å². The Morgan fingerprint density at radius 1 is 1.27 bits per heavy atom. The maximum atomic E-state index is 5.88. The number of hydrogen-bond acceptors (Lipinski definition) is 6. The Bertz CT molecular complexity index is 459. The van der Waals surface area contributed by atoms with E-state index in [1.807, 2.05) is 6.92 Å². The molecule has 0 spiro atoms. The third kappa shape index (κ3) is 4.27. The molecule has 124 valence electrons. The van der Waals surface area contributed by atoms with Crippen LogP contribution in [0.25, 0.3) is 0 Å². The summed E-state index contributed by atoms with van der Waals surface area (Å²) in [7, 11) is 2.24. The van der Waals surface area contributed by atoms with Gasteiger partial charge in [0.15, 0.2) is 5.82 Å². The van der Waals surface area contributed by atoms with Crippen molar-refractivity contribution in [2.24, 2.45) is 0 Å². The zero-order valence-corrected chi connectivity index (χ0v) is 13.8. The number of likely N-dealkylation sites (tertiary alicyclic amines) is 1. The van der Waals surface area contributed by atoms with Gasteiger partial charge in [0.05, 0.1) is 12.6 Å². The fourth-order valence-corrected chi connectivity index (χ4v) is 3.56. The molecule has 2 atom stereocenters. The molecule has 0 radical (unpaired) electrons. The molecule has 3 heterocycles. The third-order valence-electron chi connectivity index (χ3n) is 4.80. The maximum Gasteiger partial charge on any atom is 0.223 e. The summed E-state index contributed by atoms with van der Waals surface area (Å²) in [5, 5.41) is 4.01. The van der Waals surface area contributed by atoms with Crippen molar-refractivity contribution in [2.75, 3.05) is 33.3 Å². The van der Waals surface area contributed by atoms with Crippen molar-refractivity contribution in [2.45, 2.75) is 57.7 Å². The second kappa shape index (κ2) is 7.53. The molecule has 6 nitrogen and oxygen atoms in total. The Morgan fingerprint density at radius 3 is 2.91 bits per heavy atom. The monoisotopic (exact) mass is 308 g/mol. The number of piperidine rings is 1. The predicted molar refractivity (Wildman–Crippen MR) is 83.6 cm³/mol. The van der Waals surface area contributed by atoms with E-state index in [1.165, 1.54) is 32.1 Å². The molecule has 6 heteroatoms. The number of nitrogens with zero attached hydrogens (tertiary/aromatic N) is 4. The molecule has 2 saturated heterocycles. The van der Waals surface area contributed by atoms with E-state index in [9.17, 15) is 0 Å². The summed E-state index contributed by atoms with van der Waals surface area (Å²) in [6.07, 6.45) is 6.67. The maximum absolute atomic E-state index is 5.88. The van der Waals surface area contributed by atoms with Gasteiger partial charge in [-0.3, -0.25) is 9.80 Å². The molecule has 0 aliphatic carbocycles. The highest BCUT2D eigenvalue weighted by atomic mass is 16.5. The molecule has 0 aromatic carbocycles. The van der Waals surface area contributed by atoms with E-state index >= 15 is 0 Å². The van der Waals surface area contributed by atoms with Crippen LogP contribution in [0.15, 0.2) is 4.52 Å². The Balaban J connectivity index is 1.48.